The summed E-state index contributed by atoms with van der Waals surface area (Å²) in [7, 11) is 0. The number of hydrogen-bond donors (Lipinski definition) is 0. The molecule has 0 atom stereocenters. The third kappa shape index (κ3) is 4.58. The molecule has 0 aromatic heterocycles. The van der Waals surface area contributed by atoms with Crippen molar-refractivity contribution in [2.24, 2.45) is 0 Å². The van der Waals surface area contributed by atoms with E-state index < -0.39 is 11.9 Å². The molecule has 2 rings (SSSR count). The fourth-order valence-electron chi connectivity index (χ4n) is 1.69. The van der Waals surface area contributed by atoms with Gasteiger partial charge in [-0.05, 0) is 42.5 Å². The minimum absolute atomic E-state index is 0.130. The van der Waals surface area contributed by atoms with Crippen LogP contribution in [0.3, 0.4) is 0 Å². The molecule has 0 radical (unpaired) electrons. The Bertz CT molecular complexity index is 739. The van der Waals surface area contributed by atoms with Crippen molar-refractivity contribution >= 4 is 35.1 Å². The van der Waals surface area contributed by atoms with Crippen LogP contribution in [0.5, 0.6) is 5.75 Å². The standard InChI is InChI=1S/C17H12Cl2O4/c1-2-9-22-16(20)11-3-6-13(7-4-11)23-17(21)14-8-5-12(18)10-15(14)19/h2-8,10H,1,9H2. The highest BCUT2D eigenvalue weighted by Gasteiger charge is 2.14. The lowest BCUT2D eigenvalue weighted by Gasteiger charge is -2.07. The molecule has 0 aliphatic rings. The Morgan fingerprint density at radius 3 is 2.35 bits per heavy atom. The van der Waals surface area contributed by atoms with Gasteiger partial charge >= 0.3 is 11.9 Å². The molecule has 0 saturated heterocycles. The monoisotopic (exact) mass is 350 g/mol. The van der Waals surface area contributed by atoms with Crippen LogP contribution in [-0.4, -0.2) is 18.5 Å². The van der Waals surface area contributed by atoms with Crippen LogP contribution < -0.4 is 4.74 Å². The Balaban J connectivity index is 2.07. The zero-order valence-electron chi connectivity index (χ0n) is 11.9. The van der Waals surface area contributed by atoms with Crippen molar-refractivity contribution in [2.45, 2.75) is 0 Å². The highest BCUT2D eigenvalue weighted by Crippen LogP contribution is 2.23. The van der Waals surface area contributed by atoms with Gasteiger partial charge in [0.25, 0.3) is 0 Å². The van der Waals surface area contributed by atoms with E-state index in [1.54, 1.807) is 6.07 Å². The largest absolute Gasteiger partial charge is 0.458 e. The highest BCUT2D eigenvalue weighted by atomic mass is 35.5. The Kier molecular flexibility index (Phi) is 5.79. The molecule has 4 nitrogen and oxygen atoms in total. The number of halogens is 2. The van der Waals surface area contributed by atoms with Gasteiger partial charge in [0.2, 0.25) is 0 Å². The van der Waals surface area contributed by atoms with E-state index in [1.807, 2.05) is 0 Å². The second-order valence-electron chi connectivity index (χ2n) is 4.43. The number of hydrogen-bond acceptors (Lipinski definition) is 4. The normalized spacial score (nSPS) is 10.0. The fraction of sp³-hybridized carbons (Fsp3) is 0.0588. The number of carbonyl (C=O) groups excluding carboxylic acids is 2. The minimum atomic E-state index is -0.617. The smallest absolute Gasteiger partial charge is 0.345 e. The van der Waals surface area contributed by atoms with E-state index in [1.165, 1.54) is 42.5 Å². The van der Waals surface area contributed by atoms with Gasteiger partial charge in [-0.3, -0.25) is 0 Å². The van der Waals surface area contributed by atoms with E-state index in [4.69, 9.17) is 32.7 Å². The highest BCUT2D eigenvalue weighted by molar-refractivity contribution is 6.36. The van der Waals surface area contributed by atoms with Crippen molar-refractivity contribution in [1.82, 2.24) is 0 Å². The number of rotatable bonds is 5. The maximum Gasteiger partial charge on any atom is 0.345 e. The lowest BCUT2D eigenvalue weighted by atomic mass is 10.2. The molecule has 0 fully saturated rings. The molecule has 6 heteroatoms. The van der Waals surface area contributed by atoms with Crippen molar-refractivity contribution in [3.8, 4) is 5.75 Å². The lowest BCUT2D eigenvalue weighted by molar-refractivity contribution is 0.0549. The molecule has 23 heavy (non-hydrogen) atoms. The van der Waals surface area contributed by atoms with Crippen LogP contribution >= 0.6 is 23.2 Å². The molecule has 2 aromatic rings. The summed E-state index contributed by atoms with van der Waals surface area (Å²) in [6, 6.07) is 10.5. The first-order chi connectivity index (χ1) is 11.0. The predicted octanol–water partition coefficient (Wildman–Crippen LogP) is 4.56. The van der Waals surface area contributed by atoms with Gasteiger partial charge in [0.15, 0.2) is 0 Å². The van der Waals surface area contributed by atoms with Gasteiger partial charge in [0.05, 0.1) is 16.1 Å². The summed E-state index contributed by atoms with van der Waals surface area (Å²) in [6.07, 6.45) is 1.48. The zero-order chi connectivity index (χ0) is 16.8. The summed E-state index contributed by atoms with van der Waals surface area (Å²) >= 11 is 11.7. The van der Waals surface area contributed by atoms with E-state index in [0.29, 0.717) is 10.6 Å². The minimum Gasteiger partial charge on any atom is -0.458 e. The van der Waals surface area contributed by atoms with Gasteiger partial charge < -0.3 is 9.47 Å². The maximum absolute atomic E-state index is 12.1. The molecule has 0 heterocycles. The molecule has 118 valence electrons. The molecular formula is C17H12Cl2O4. The topological polar surface area (TPSA) is 52.6 Å². The van der Waals surface area contributed by atoms with Crippen LogP contribution in [-0.2, 0) is 4.74 Å². The van der Waals surface area contributed by atoms with Crippen LogP contribution in [0.4, 0.5) is 0 Å². The second-order valence-corrected chi connectivity index (χ2v) is 5.27. The van der Waals surface area contributed by atoms with Crippen LogP contribution in [0.1, 0.15) is 20.7 Å². The van der Waals surface area contributed by atoms with Crippen molar-refractivity contribution in [3.05, 3.63) is 76.3 Å². The number of ether oxygens (including phenoxy) is 2. The number of carbonyl (C=O) groups is 2. The van der Waals surface area contributed by atoms with Crippen molar-refractivity contribution < 1.29 is 19.1 Å². The molecule has 0 N–H and O–H groups in total. The summed E-state index contributed by atoms with van der Waals surface area (Å²) < 4.78 is 10.1. The zero-order valence-corrected chi connectivity index (χ0v) is 13.4. The molecule has 0 bridgehead atoms. The van der Waals surface area contributed by atoms with E-state index in [9.17, 15) is 9.59 Å². The Morgan fingerprint density at radius 1 is 1.04 bits per heavy atom. The first kappa shape index (κ1) is 17.1. The molecule has 0 spiro atoms. The van der Waals surface area contributed by atoms with Gasteiger partial charge in [-0.15, -0.1) is 0 Å². The average molecular weight is 351 g/mol. The second kappa shape index (κ2) is 7.81. The van der Waals surface area contributed by atoms with Gasteiger partial charge in [-0.1, -0.05) is 35.9 Å². The predicted molar refractivity (Wildman–Crippen MR) is 88.3 cm³/mol. The van der Waals surface area contributed by atoms with Crippen molar-refractivity contribution in [3.63, 3.8) is 0 Å². The first-order valence-corrected chi connectivity index (χ1v) is 7.32. The Morgan fingerprint density at radius 2 is 1.74 bits per heavy atom. The molecule has 0 aliphatic heterocycles. The third-order valence-electron chi connectivity index (χ3n) is 2.78. The molecular weight excluding hydrogens is 339 g/mol. The number of esters is 2. The van der Waals surface area contributed by atoms with E-state index >= 15 is 0 Å². The quantitative estimate of drug-likeness (QED) is 0.450. The summed E-state index contributed by atoms with van der Waals surface area (Å²) in [4.78, 5) is 23.7. The summed E-state index contributed by atoms with van der Waals surface area (Å²) in [5.74, 6) is -0.821. The Labute approximate surface area is 143 Å². The summed E-state index contributed by atoms with van der Waals surface area (Å²) in [5, 5.41) is 0.626. The maximum atomic E-state index is 12.1. The van der Waals surface area contributed by atoms with Crippen molar-refractivity contribution in [1.29, 1.82) is 0 Å². The van der Waals surface area contributed by atoms with Crippen LogP contribution in [0.15, 0.2) is 55.1 Å². The Hall–Kier alpha value is -2.30. The summed E-state index contributed by atoms with van der Waals surface area (Å²) in [6.45, 7) is 3.59. The number of benzene rings is 2. The van der Waals surface area contributed by atoms with Gasteiger partial charge in [-0.25, -0.2) is 9.59 Å². The molecule has 2 aromatic carbocycles. The van der Waals surface area contributed by atoms with Crippen molar-refractivity contribution in [2.75, 3.05) is 6.61 Å². The van der Waals surface area contributed by atoms with Gasteiger partial charge in [0, 0.05) is 5.02 Å². The molecule has 0 aliphatic carbocycles. The summed E-state index contributed by atoms with van der Waals surface area (Å²) in [5.41, 5.74) is 0.543. The van der Waals surface area contributed by atoms with Gasteiger partial charge in [0.1, 0.15) is 12.4 Å². The van der Waals surface area contributed by atoms with Crippen LogP contribution in [0.2, 0.25) is 10.0 Å². The average Bonchev–Trinajstić information content (AvgIpc) is 2.53. The third-order valence-corrected chi connectivity index (χ3v) is 3.33. The van der Waals surface area contributed by atoms with Crippen LogP contribution in [0.25, 0.3) is 0 Å². The molecule has 0 amide bonds. The lowest BCUT2D eigenvalue weighted by Crippen LogP contribution is -2.09. The van der Waals surface area contributed by atoms with E-state index in [0.717, 1.165) is 0 Å². The van der Waals surface area contributed by atoms with E-state index in [2.05, 4.69) is 6.58 Å². The van der Waals surface area contributed by atoms with Gasteiger partial charge in [-0.2, -0.15) is 0 Å². The fourth-order valence-corrected chi connectivity index (χ4v) is 2.18. The van der Waals surface area contributed by atoms with Crippen LogP contribution in [0, 0.1) is 0 Å². The SMILES string of the molecule is C=CCOC(=O)c1ccc(OC(=O)c2ccc(Cl)cc2Cl)cc1. The first-order valence-electron chi connectivity index (χ1n) is 6.56. The molecule has 0 unspecified atom stereocenters. The molecule has 0 saturated carbocycles. The van der Waals surface area contributed by atoms with E-state index in [-0.39, 0.29) is 22.9 Å².